The topological polar surface area (TPSA) is 109 Å². The number of nitrogen functional groups attached to an aromatic ring is 1. The number of hydrogen-bond donors (Lipinski definition) is 2. The number of fused-ring (bicyclic) bond motifs is 1. The van der Waals surface area contributed by atoms with Crippen molar-refractivity contribution in [2.24, 2.45) is 5.92 Å². The molecule has 1 aromatic heterocycles. The average molecular weight is 447 g/mol. The molecule has 9 heteroatoms. The quantitative estimate of drug-likeness (QED) is 0.552. The summed E-state index contributed by atoms with van der Waals surface area (Å²) < 4.78 is 17.0. The van der Waals surface area contributed by atoms with E-state index in [1.54, 1.807) is 11.5 Å². The van der Waals surface area contributed by atoms with Crippen LogP contribution in [0.15, 0.2) is 15.7 Å². The molecule has 0 amide bonds. The molecule has 2 aromatic rings. The van der Waals surface area contributed by atoms with Crippen LogP contribution < -0.4 is 27.3 Å². The van der Waals surface area contributed by atoms with Crippen molar-refractivity contribution < 1.29 is 4.39 Å². The van der Waals surface area contributed by atoms with Crippen LogP contribution >= 0.6 is 0 Å². The highest BCUT2D eigenvalue weighted by Crippen LogP contribution is 2.39. The molecule has 32 heavy (non-hydrogen) atoms. The summed E-state index contributed by atoms with van der Waals surface area (Å²) in [7, 11) is 1.83. The van der Waals surface area contributed by atoms with E-state index in [1.807, 2.05) is 31.9 Å². The highest BCUT2D eigenvalue weighted by Gasteiger charge is 2.31. The Morgan fingerprint density at radius 2 is 1.94 bits per heavy atom. The fourth-order valence-corrected chi connectivity index (χ4v) is 4.04. The summed E-state index contributed by atoms with van der Waals surface area (Å²) in [6, 6.07) is 3.29. The Balaban J connectivity index is 0.000000396. The smallest absolute Gasteiger partial charge is 0.350 e. The Morgan fingerprint density at radius 3 is 2.41 bits per heavy atom. The molecular formula is C23H35FN6O2. The summed E-state index contributed by atoms with van der Waals surface area (Å²) in [6.07, 6.45) is 3.37. The first kappa shape index (κ1) is 25.4. The number of anilines is 1. The fraction of sp³-hybridized carbons (Fsp3) is 0.609. The van der Waals surface area contributed by atoms with Gasteiger partial charge in [0, 0.05) is 37.7 Å². The second-order valence-electron chi connectivity index (χ2n) is 8.14. The molecule has 1 unspecified atom stereocenters. The molecule has 1 aliphatic carbocycles. The molecule has 1 atom stereocenters. The lowest BCUT2D eigenvalue weighted by molar-refractivity contribution is 0.616. The molecule has 4 rings (SSSR count). The van der Waals surface area contributed by atoms with Gasteiger partial charge in [0.05, 0.1) is 22.7 Å². The lowest BCUT2D eigenvalue weighted by Crippen LogP contribution is -2.44. The number of halogens is 1. The van der Waals surface area contributed by atoms with Gasteiger partial charge in [0.25, 0.3) is 5.56 Å². The maximum atomic E-state index is 14.8. The van der Waals surface area contributed by atoms with Gasteiger partial charge in [-0.25, -0.2) is 9.18 Å². The van der Waals surface area contributed by atoms with Gasteiger partial charge in [-0.2, -0.15) is 9.94 Å². The Kier molecular flexibility index (Phi) is 8.84. The van der Waals surface area contributed by atoms with E-state index in [0.29, 0.717) is 33.8 Å². The van der Waals surface area contributed by atoms with Crippen LogP contribution in [0.3, 0.4) is 0 Å². The van der Waals surface area contributed by atoms with Crippen LogP contribution in [-0.4, -0.2) is 35.9 Å². The molecule has 8 nitrogen and oxygen atoms in total. The van der Waals surface area contributed by atoms with Crippen LogP contribution in [0.1, 0.15) is 58.1 Å². The molecule has 176 valence electrons. The van der Waals surface area contributed by atoms with Crippen LogP contribution in [0, 0.1) is 30.0 Å². The monoisotopic (exact) mass is 446 g/mol. The fourth-order valence-electron chi connectivity index (χ4n) is 4.04. The van der Waals surface area contributed by atoms with Crippen LogP contribution in [0.25, 0.3) is 10.9 Å². The number of aryl methyl sites for hydroxylation is 1. The second-order valence-corrected chi connectivity index (χ2v) is 8.14. The van der Waals surface area contributed by atoms with E-state index in [0.717, 1.165) is 38.9 Å². The number of nitrogens with one attached hydrogen (secondary N) is 1. The van der Waals surface area contributed by atoms with Gasteiger partial charge in [-0.3, -0.25) is 9.36 Å². The Labute approximate surface area is 188 Å². The predicted octanol–water partition coefficient (Wildman–Crippen LogP) is 2.65. The predicted molar refractivity (Wildman–Crippen MR) is 127 cm³/mol. The summed E-state index contributed by atoms with van der Waals surface area (Å²) in [4.78, 5) is 26.9. The first-order valence-corrected chi connectivity index (χ1v) is 11.3. The minimum atomic E-state index is -0.643. The van der Waals surface area contributed by atoms with E-state index in [1.165, 1.54) is 6.07 Å². The third kappa shape index (κ3) is 5.13. The van der Waals surface area contributed by atoms with Gasteiger partial charge in [-0.15, -0.1) is 0 Å². The van der Waals surface area contributed by atoms with Crippen molar-refractivity contribution >= 4 is 16.6 Å². The summed E-state index contributed by atoms with van der Waals surface area (Å²) in [5.74, 6) is 5.71. The Hall–Kier alpha value is -2.86. The van der Waals surface area contributed by atoms with E-state index in [9.17, 15) is 14.0 Å². The molecular weight excluding hydrogens is 411 g/mol. The van der Waals surface area contributed by atoms with Crippen molar-refractivity contribution in [1.82, 2.24) is 14.6 Å². The largest absolute Gasteiger partial charge is 0.369 e. The van der Waals surface area contributed by atoms with Gasteiger partial charge in [-0.1, -0.05) is 20.8 Å². The van der Waals surface area contributed by atoms with E-state index in [2.05, 4.69) is 12.2 Å². The summed E-state index contributed by atoms with van der Waals surface area (Å²) in [6.45, 7) is 10.3. The number of nitrogens with zero attached hydrogens (tertiary/aromatic N) is 4. The van der Waals surface area contributed by atoms with E-state index < -0.39 is 17.1 Å². The van der Waals surface area contributed by atoms with Gasteiger partial charge < -0.3 is 16.1 Å². The molecule has 0 bridgehead atoms. The normalized spacial score (nSPS) is 17.3. The van der Waals surface area contributed by atoms with E-state index in [4.69, 9.17) is 11.1 Å². The van der Waals surface area contributed by atoms with E-state index in [-0.39, 0.29) is 11.4 Å². The second kappa shape index (κ2) is 11.1. The zero-order chi connectivity index (χ0) is 24.0. The number of benzene rings is 1. The minimum absolute atomic E-state index is 0.0462. The standard InChI is InChI=1S/C17H21FN4O2.C4H8N2.C2H6/c1-9-5-6-20(8-9)15-10(2)14-12(7-13(15)18)16(23)22(19)17(24)21(14)11-3-4-11;1-6-4-2-3-5;1-2/h7,9,11H,3-6,8,19H2,1-2H3;6H,2,4H2,1H3;1-2H3. The molecule has 2 aliphatic rings. The number of hydrogen-bond acceptors (Lipinski definition) is 6. The first-order chi connectivity index (χ1) is 15.3. The highest BCUT2D eigenvalue weighted by molar-refractivity contribution is 5.87. The third-order valence-electron chi connectivity index (χ3n) is 5.70. The zero-order valence-corrected chi connectivity index (χ0v) is 19.7. The Bertz CT molecular complexity index is 1100. The van der Waals surface area contributed by atoms with Gasteiger partial charge in [-0.05, 0) is 45.2 Å². The molecule has 1 saturated heterocycles. The van der Waals surface area contributed by atoms with Crippen molar-refractivity contribution in [2.45, 2.75) is 59.4 Å². The Morgan fingerprint density at radius 1 is 1.28 bits per heavy atom. The van der Waals surface area contributed by atoms with E-state index >= 15 is 0 Å². The van der Waals surface area contributed by atoms with Crippen molar-refractivity contribution in [2.75, 3.05) is 37.4 Å². The molecule has 2 fully saturated rings. The molecule has 1 aromatic carbocycles. The van der Waals surface area contributed by atoms with Gasteiger partial charge in [0.15, 0.2) is 0 Å². The van der Waals surface area contributed by atoms with Gasteiger partial charge in [0.2, 0.25) is 0 Å². The lowest BCUT2D eigenvalue weighted by atomic mass is 10.1. The van der Waals surface area contributed by atoms with Crippen molar-refractivity contribution in [3.05, 3.63) is 38.3 Å². The highest BCUT2D eigenvalue weighted by atomic mass is 19.1. The van der Waals surface area contributed by atoms with Gasteiger partial charge in [0.1, 0.15) is 5.82 Å². The molecule has 3 N–H and O–H groups in total. The maximum Gasteiger partial charge on any atom is 0.350 e. The number of rotatable bonds is 4. The average Bonchev–Trinajstić information content (AvgIpc) is 3.54. The summed E-state index contributed by atoms with van der Waals surface area (Å²) >= 11 is 0. The molecule has 1 saturated carbocycles. The minimum Gasteiger partial charge on any atom is -0.369 e. The SMILES string of the molecule is CC.CNCCC#N.Cc1c(N2CCC(C)C2)c(F)cc2c(=O)n(N)c(=O)n(C3CC3)c12. The van der Waals surface area contributed by atoms with Crippen LogP contribution in [-0.2, 0) is 0 Å². The number of nitriles is 1. The van der Waals surface area contributed by atoms with Gasteiger partial charge >= 0.3 is 5.69 Å². The first-order valence-electron chi connectivity index (χ1n) is 11.3. The van der Waals surface area contributed by atoms with Crippen LogP contribution in [0.5, 0.6) is 0 Å². The molecule has 1 aliphatic heterocycles. The lowest BCUT2D eigenvalue weighted by Gasteiger charge is -2.24. The molecule has 0 radical (unpaired) electrons. The molecule has 2 heterocycles. The summed E-state index contributed by atoms with van der Waals surface area (Å²) in [5, 5.41) is 10.9. The molecule has 0 spiro atoms. The third-order valence-corrected chi connectivity index (χ3v) is 5.70. The zero-order valence-electron chi connectivity index (χ0n) is 19.7. The van der Waals surface area contributed by atoms with Crippen LogP contribution in [0.2, 0.25) is 0 Å². The van der Waals surface area contributed by atoms with Crippen molar-refractivity contribution in [3.8, 4) is 6.07 Å². The van der Waals surface area contributed by atoms with Crippen molar-refractivity contribution in [1.29, 1.82) is 5.26 Å². The van der Waals surface area contributed by atoms with Crippen LogP contribution in [0.4, 0.5) is 10.1 Å². The van der Waals surface area contributed by atoms with Crippen molar-refractivity contribution in [3.63, 3.8) is 0 Å². The maximum absolute atomic E-state index is 14.8. The summed E-state index contributed by atoms with van der Waals surface area (Å²) in [5.41, 5.74) is 0.529. The number of aromatic nitrogens is 2. The number of nitrogens with two attached hydrogens (primary N) is 1.